The van der Waals surface area contributed by atoms with Crippen molar-refractivity contribution < 1.29 is 9.47 Å². The van der Waals surface area contributed by atoms with E-state index in [-0.39, 0.29) is 0 Å². The molecule has 0 saturated heterocycles. The number of rotatable bonds is 30. The van der Waals surface area contributed by atoms with Crippen LogP contribution in [-0.2, 0) is 9.47 Å². The molecule has 0 bridgehead atoms. The van der Waals surface area contributed by atoms with Crippen LogP contribution in [0.1, 0.15) is 142 Å². The zero-order valence-corrected chi connectivity index (χ0v) is 25.0. The average Bonchev–Trinajstić information content (AvgIpc) is 2.88. The third kappa shape index (κ3) is 31.4. The minimum Gasteiger partial charge on any atom is -0.380 e. The quantitative estimate of drug-likeness (QED) is 0.0713. The van der Waals surface area contributed by atoms with Crippen molar-refractivity contribution in [2.75, 3.05) is 46.6 Å². The summed E-state index contributed by atoms with van der Waals surface area (Å²) < 4.78 is 11.7. The Morgan fingerprint density at radius 2 is 0.750 bits per heavy atom. The van der Waals surface area contributed by atoms with Gasteiger partial charge in [-0.25, -0.2) is 0 Å². The molecule has 0 amide bonds. The van der Waals surface area contributed by atoms with Crippen molar-refractivity contribution in [1.82, 2.24) is 4.90 Å². The van der Waals surface area contributed by atoms with Gasteiger partial charge in [-0.1, -0.05) is 115 Å². The van der Waals surface area contributed by atoms with Gasteiger partial charge in [-0.05, 0) is 58.4 Å². The van der Waals surface area contributed by atoms with E-state index >= 15 is 0 Å². The van der Waals surface area contributed by atoms with Crippen LogP contribution < -0.4 is 0 Å². The summed E-state index contributed by atoms with van der Waals surface area (Å²) in [5.74, 6) is 0. The molecule has 0 aliphatic rings. The molecule has 0 aromatic carbocycles. The highest BCUT2D eigenvalue weighted by atomic mass is 16.5. The monoisotopic (exact) mass is 508 g/mol. The Morgan fingerprint density at radius 3 is 1.14 bits per heavy atom. The first-order valence-corrected chi connectivity index (χ1v) is 15.9. The van der Waals surface area contributed by atoms with Gasteiger partial charge >= 0.3 is 0 Å². The SMILES string of the molecule is CCCC/C=C\CCCCCCCCOCCN(C)CCOCCCCCCCC/C=C\CCCC. The maximum Gasteiger partial charge on any atom is 0.0593 e. The minimum absolute atomic E-state index is 0.843. The van der Waals surface area contributed by atoms with Gasteiger partial charge in [-0.15, -0.1) is 0 Å². The van der Waals surface area contributed by atoms with Crippen molar-refractivity contribution in [1.29, 1.82) is 0 Å². The molecule has 3 heteroatoms. The molecule has 0 radical (unpaired) electrons. The van der Waals surface area contributed by atoms with Crippen LogP contribution in [0.2, 0.25) is 0 Å². The zero-order valence-electron chi connectivity index (χ0n) is 25.0. The molecule has 0 atom stereocenters. The zero-order chi connectivity index (χ0) is 26.2. The summed E-state index contributed by atoms with van der Waals surface area (Å²) in [5.41, 5.74) is 0. The molecule has 0 rings (SSSR count). The Labute approximate surface area is 227 Å². The largest absolute Gasteiger partial charge is 0.380 e. The van der Waals surface area contributed by atoms with Crippen LogP contribution in [0.5, 0.6) is 0 Å². The van der Waals surface area contributed by atoms with E-state index in [0.717, 1.165) is 39.5 Å². The maximum absolute atomic E-state index is 5.83. The third-order valence-electron chi connectivity index (χ3n) is 6.84. The molecule has 0 aliphatic carbocycles. The number of allylic oxidation sites excluding steroid dienone is 4. The van der Waals surface area contributed by atoms with Gasteiger partial charge in [-0.2, -0.15) is 0 Å². The molecule has 214 valence electrons. The first kappa shape index (κ1) is 35.4. The van der Waals surface area contributed by atoms with Crippen molar-refractivity contribution >= 4 is 0 Å². The van der Waals surface area contributed by atoms with E-state index in [1.807, 2.05) is 0 Å². The minimum atomic E-state index is 0.843. The highest BCUT2D eigenvalue weighted by Crippen LogP contribution is 2.09. The lowest BCUT2D eigenvalue weighted by molar-refractivity contribution is 0.0814. The summed E-state index contributed by atoms with van der Waals surface area (Å²) in [6.07, 6.45) is 35.8. The summed E-state index contributed by atoms with van der Waals surface area (Å²) in [7, 11) is 2.17. The second-order valence-electron chi connectivity index (χ2n) is 10.6. The fraction of sp³-hybridized carbons (Fsp3) is 0.879. The lowest BCUT2D eigenvalue weighted by Gasteiger charge is -2.16. The van der Waals surface area contributed by atoms with E-state index in [4.69, 9.17) is 9.47 Å². The van der Waals surface area contributed by atoms with Crippen molar-refractivity contribution in [3.05, 3.63) is 24.3 Å². The van der Waals surface area contributed by atoms with E-state index in [1.165, 1.54) is 128 Å². The lowest BCUT2D eigenvalue weighted by Crippen LogP contribution is -2.27. The van der Waals surface area contributed by atoms with Gasteiger partial charge in [0.05, 0.1) is 13.2 Å². The van der Waals surface area contributed by atoms with Crippen LogP contribution in [-0.4, -0.2) is 51.5 Å². The molecule has 0 fully saturated rings. The summed E-state index contributed by atoms with van der Waals surface area (Å²) >= 11 is 0. The van der Waals surface area contributed by atoms with E-state index in [1.54, 1.807) is 0 Å². The molecule has 0 spiro atoms. The molecule has 0 aromatic heterocycles. The Kier molecular flexibility index (Phi) is 31.8. The number of likely N-dealkylation sites (N-methyl/N-ethyl adjacent to an activating group) is 1. The van der Waals surface area contributed by atoms with E-state index in [2.05, 4.69) is 50.1 Å². The highest BCUT2D eigenvalue weighted by molar-refractivity contribution is 4.81. The fourth-order valence-corrected chi connectivity index (χ4v) is 4.22. The van der Waals surface area contributed by atoms with Crippen LogP contribution >= 0.6 is 0 Å². The van der Waals surface area contributed by atoms with Crippen molar-refractivity contribution in [2.45, 2.75) is 142 Å². The number of hydrogen-bond donors (Lipinski definition) is 0. The molecule has 0 aliphatic heterocycles. The predicted molar refractivity (Wildman–Crippen MR) is 161 cm³/mol. The van der Waals surface area contributed by atoms with Crippen LogP contribution in [0.4, 0.5) is 0 Å². The normalized spacial score (nSPS) is 12.1. The molecule has 36 heavy (non-hydrogen) atoms. The molecule has 3 nitrogen and oxygen atoms in total. The Morgan fingerprint density at radius 1 is 0.417 bits per heavy atom. The molecular weight excluding hydrogens is 442 g/mol. The predicted octanol–water partition coefficient (Wildman–Crippen LogP) is 9.91. The third-order valence-corrected chi connectivity index (χ3v) is 6.84. The van der Waals surface area contributed by atoms with Crippen LogP contribution in [0, 0.1) is 0 Å². The second kappa shape index (κ2) is 32.4. The first-order chi connectivity index (χ1) is 17.8. The number of nitrogens with zero attached hydrogens (tertiary/aromatic N) is 1. The van der Waals surface area contributed by atoms with Gasteiger partial charge in [0, 0.05) is 26.3 Å². The number of hydrogen-bond acceptors (Lipinski definition) is 3. The standard InChI is InChI=1S/C33H65NO2/c1-4-6-8-10-12-14-16-18-20-22-24-26-30-35-32-28-34(3)29-33-36-31-27-25-23-21-19-17-15-13-11-9-7-5-2/h10-13H,4-9,14-33H2,1-3H3/b12-10-,13-11-. The first-order valence-electron chi connectivity index (χ1n) is 15.9. The Balaban J connectivity index is 3.19. The van der Waals surface area contributed by atoms with Gasteiger partial charge in [0.2, 0.25) is 0 Å². The molecular formula is C33H65NO2. The van der Waals surface area contributed by atoms with E-state index in [9.17, 15) is 0 Å². The van der Waals surface area contributed by atoms with E-state index in [0.29, 0.717) is 0 Å². The highest BCUT2D eigenvalue weighted by Gasteiger charge is 1.99. The average molecular weight is 508 g/mol. The lowest BCUT2D eigenvalue weighted by atomic mass is 10.1. The van der Waals surface area contributed by atoms with Crippen LogP contribution in [0.15, 0.2) is 24.3 Å². The summed E-state index contributed by atoms with van der Waals surface area (Å²) in [4.78, 5) is 2.33. The van der Waals surface area contributed by atoms with Crippen LogP contribution in [0.25, 0.3) is 0 Å². The molecule has 0 unspecified atom stereocenters. The van der Waals surface area contributed by atoms with E-state index < -0.39 is 0 Å². The molecule has 0 N–H and O–H groups in total. The summed E-state index contributed by atoms with van der Waals surface area (Å²) in [6.45, 7) is 10.0. The number of unbranched alkanes of at least 4 members (excludes halogenated alkanes) is 16. The van der Waals surface area contributed by atoms with Gasteiger partial charge in [-0.3, -0.25) is 0 Å². The summed E-state index contributed by atoms with van der Waals surface area (Å²) in [5, 5.41) is 0. The van der Waals surface area contributed by atoms with Gasteiger partial charge < -0.3 is 14.4 Å². The fourth-order valence-electron chi connectivity index (χ4n) is 4.22. The summed E-state index contributed by atoms with van der Waals surface area (Å²) in [6, 6.07) is 0. The maximum atomic E-state index is 5.83. The Bertz CT molecular complexity index is 409. The van der Waals surface area contributed by atoms with Gasteiger partial charge in [0.1, 0.15) is 0 Å². The van der Waals surface area contributed by atoms with Crippen LogP contribution in [0.3, 0.4) is 0 Å². The molecule has 0 heterocycles. The number of ether oxygens (including phenoxy) is 2. The van der Waals surface area contributed by atoms with Crippen molar-refractivity contribution in [3.63, 3.8) is 0 Å². The van der Waals surface area contributed by atoms with Gasteiger partial charge in [0.15, 0.2) is 0 Å². The molecule has 0 saturated carbocycles. The Hall–Kier alpha value is -0.640. The topological polar surface area (TPSA) is 21.7 Å². The molecule has 0 aromatic rings. The van der Waals surface area contributed by atoms with Crippen molar-refractivity contribution in [2.24, 2.45) is 0 Å². The second-order valence-corrected chi connectivity index (χ2v) is 10.6. The smallest absolute Gasteiger partial charge is 0.0593 e. The van der Waals surface area contributed by atoms with Crippen molar-refractivity contribution in [3.8, 4) is 0 Å². The van der Waals surface area contributed by atoms with Gasteiger partial charge in [0.25, 0.3) is 0 Å².